The summed E-state index contributed by atoms with van der Waals surface area (Å²) < 4.78 is 13.5. The van der Waals surface area contributed by atoms with E-state index in [-0.39, 0.29) is 11.7 Å². The molecule has 2 rings (SSSR count). The molecule has 0 aliphatic heterocycles. The largest absolute Gasteiger partial charge is 0.480 e. The number of carbonyl (C=O) groups is 2. The average molecular weight is 265 g/mol. The number of nitrogens with one attached hydrogen (secondary N) is 1. The second kappa shape index (κ2) is 4.99. The predicted octanol–water partition coefficient (Wildman–Crippen LogP) is 2.04. The van der Waals surface area contributed by atoms with E-state index >= 15 is 0 Å². The molecule has 1 aromatic rings. The highest BCUT2D eigenvalue weighted by Gasteiger charge is 2.37. The standard InChI is InChI=1S/C14H16FNO3/c1-7-5-10(6-8(2)11(7)15)13(17)16-12(14(18)19)9-3-4-9/h5-6,9,12H,3-4H2,1-2H3,(H,16,17)(H,18,19). The van der Waals surface area contributed by atoms with Gasteiger partial charge < -0.3 is 10.4 Å². The number of rotatable bonds is 4. The van der Waals surface area contributed by atoms with Crippen molar-refractivity contribution in [3.05, 3.63) is 34.6 Å². The molecule has 1 atom stereocenters. The van der Waals surface area contributed by atoms with Gasteiger partial charge in [0.05, 0.1) is 0 Å². The zero-order chi connectivity index (χ0) is 14.2. The minimum atomic E-state index is -1.02. The number of benzene rings is 1. The van der Waals surface area contributed by atoms with Crippen LogP contribution in [0.15, 0.2) is 12.1 Å². The fourth-order valence-electron chi connectivity index (χ4n) is 2.11. The molecule has 1 saturated carbocycles. The number of hydrogen-bond acceptors (Lipinski definition) is 2. The van der Waals surface area contributed by atoms with Crippen LogP contribution in [-0.4, -0.2) is 23.0 Å². The van der Waals surface area contributed by atoms with Gasteiger partial charge in [-0.25, -0.2) is 9.18 Å². The first-order valence-electron chi connectivity index (χ1n) is 6.20. The SMILES string of the molecule is Cc1cc(C(=O)NC(C(=O)O)C2CC2)cc(C)c1F. The van der Waals surface area contributed by atoms with Crippen molar-refractivity contribution in [2.24, 2.45) is 5.92 Å². The molecule has 4 nitrogen and oxygen atoms in total. The summed E-state index contributed by atoms with van der Waals surface area (Å²) in [5.74, 6) is -1.81. The number of amides is 1. The lowest BCUT2D eigenvalue weighted by molar-refractivity contribution is -0.139. The number of carbonyl (C=O) groups excluding carboxylic acids is 1. The fourth-order valence-corrected chi connectivity index (χ4v) is 2.11. The Labute approximate surface area is 110 Å². The molecule has 1 amide bonds. The Hall–Kier alpha value is -1.91. The Balaban J connectivity index is 2.17. The highest BCUT2D eigenvalue weighted by molar-refractivity contribution is 5.97. The molecule has 0 radical (unpaired) electrons. The van der Waals surface area contributed by atoms with E-state index in [0.717, 1.165) is 12.8 Å². The highest BCUT2D eigenvalue weighted by atomic mass is 19.1. The van der Waals surface area contributed by atoms with Crippen molar-refractivity contribution in [3.8, 4) is 0 Å². The zero-order valence-corrected chi connectivity index (χ0v) is 10.9. The van der Waals surface area contributed by atoms with Gasteiger partial charge in [0.25, 0.3) is 5.91 Å². The normalized spacial score (nSPS) is 15.9. The van der Waals surface area contributed by atoms with Crippen molar-refractivity contribution in [1.82, 2.24) is 5.32 Å². The molecule has 5 heteroatoms. The van der Waals surface area contributed by atoms with Crippen molar-refractivity contribution in [2.45, 2.75) is 32.7 Å². The summed E-state index contributed by atoms with van der Waals surface area (Å²) in [5, 5.41) is 11.6. The van der Waals surface area contributed by atoms with E-state index in [0.29, 0.717) is 16.7 Å². The lowest BCUT2D eigenvalue weighted by atomic mass is 10.1. The lowest BCUT2D eigenvalue weighted by Crippen LogP contribution is -2.42. The average Bonchev–Trinajstić information content (AvgIpc) is 3.15. The Morgan fingerprint density at radius 3 is 2.26 bits per heavy atom. The summed E-state index contributed by atoms with van der Waals surface area (Å²) in [6, 6.07) is 2.02. The molecule has 0 saturated heterocycles. The van der Waals surface area contributed by atoms with Gasteiger partial charge in [-0.2, -0.15) is 0 Å². The van der Waals surface area contributed by atoms with Gasteiger partial charge in [-0.3, -0.25) is 4.79 Å². The van der Waals surface area contributed by atoms with Crippen LogP contribution < -0.4 is 5.32 Å². The van der Waals surface area contributed by atoms with Crippen LogP contribution in [-0.2, 0) is 4.79 Å². The summed E-state index contributed by atoms with van der Waals surface area (Å²) in [7, 11) is 0. The van der Waals surface area contributed by atoms with Gasteiger partial charge in [-0.15, -0.1) is 0 Å². The summed E-state index contributed by atoms with van der Waals surface area (Å²) in [4.78, 5) is 23.1. The fraction of sp³-hybridized carbons (Fsp3) is 0.429. The Morgan fingerprint density at radius 1 is 1.32 bits per heavy atom. The van der Waals surface area contributed by atoms with Crippen LogP contribution in [0.1, 0.15) is 34.3 Å². The van der Waals surface area contributed by atoms with Gasteiger partial charge in [-0.1, -0.05) is 0 Å². The lowest BCUT2D eigenvalue weighted by Gasteiger charge is -2.14. The third-order valence-electron chi connectivity index (χ3n) is 3.34. The van der Waals surface area contributed by atoms with Crippen LogP contribution >= 0.6 is 0 Å². The summed E-state index contributed by atoms with van der Waals surface area (Å²) >= 11 is 0. The van der Waals surface area contributed by atoms with Gasteiger partial charge >= 0.3 is 5.97 Å². The van der Waals surface area contributed by atoms with Crippen LogP contribution in [0, 0.1) is 25.6 Å². The van der Waals surface area contributed by atoms with E-state index in [4.69, 9.17) is 5.11 Å². The molecular formula is C14H16FNO3. The number of aryl methyl sites for hydroxylation is 2. The number of carboxylic acids is 1. The molecule has 0 aromatic heterocycles. The van der Waals surface area contributed by atoms with Gasteiger partial charge in [0.15, 0.2) is 0 Å². The topological polar surface area (TPSA) is 66.4 Å². The second-order valence-corrected chi connectivity index (χ2v) is 5.05. The first-order chi connectivity index (χ1) is 8.90. The Kier molecular flexibility index (Phi) is 3.55. The molecule has 0 spiro atoms. The quantitative estimate of drug-likeness (QED) is 0.875. The van der Waals surface area contributed by atoms with Crippen LogP contribution in [0.2, 0.25) is 0 Å². The molecule has 0 heterocycles. The number of halogens is 1. The maximum absolute atomic E-state index is 13.5. The molecule has 102 valence electrons. The number of carboxylic acid groups (broad SMARTS) is 1. The molecule has 0 bridgehead atoms. The predicted molar refractivity (Wildman–Crippen MR) is 67.5 cm³/mol. The van der Waals surface area contributed by atoms with E-state index in [1.165, 1.54) is 12.1 Å². The molecular weight excluding hydrogens is 249 g/mol. The monoisotopic (exact) mass is 265 g/mol. The van der Waals surface area contributed by atoms with Crippen LogP contribution in [0.25, 0.3) is 0 Å². The highest BCUT2D eigenvalue weighted by Crippen LogP contribution is 2.32. The molecule has 1 unspecified atom stereocenters. The number of hydrogen-bond donors (Lipinski definition) is 2. The molecule has 1 aliphatic rings. The number of aliphatic carboxylic acids is 1. The van der Waals surface area contributed by atoms with E-state index in [9.17, 15) is 14.0 Å². The molecule has 1 aromatic carbocycles. The third-order valence-corrected chi connectivity index (χ3v) is 3.34. The van der Waals surface area contributed by atoms with E-state index in [2.05, 4.69) is 5.32 Å². The van der Waals surface area contributed by atoms with Crippen molar-refractivity contribution < 1.29 is 19.1 Å². The molecule has 2 N–H and O–H groups in total. The molecule has 1 fully saturated rings. The summed E-state index contributed by atoms with van der Waals surface area (Å²) in [6.07, 6.45) is 1.64. The van der Waals surface area contributed by atoms with Gasteiger partial charge in [0, 0.05) is 5.56 Å². The second-order valence-electron chi connectivity index (χ2n) is 5.05. The Bertz CT molecular complexity index is 514. The third kappa shape index (κ3) is 2.92. The van der Waals surface area contributed by atoms with Crippen LogP contribution in [0.3, 0.4) is 0 Å². The van der Waals surface area contributed by atoms with Crippen molar-refractivity contribution in [3.63, 3.8) is 0 Å². The van der Waals surface area contributed by atoms with Gasteiger partial charge in [-0.05, 0) is 55.9 Å². The van der Waals surface area contributed by atoms with Crippen LogP contribution in [0.5, 0.6) is 0 Å². The van der Waals surface area contributed by atoms with Crippen molar-refractivity contribution in [1.29, 1.82) is 0 Å². The smallest absolute Gasteiger partial charge is 0.326 e. The minimum Gasteiger partial charge on any atom is -0.480 e. The van der Waals surface area contributed by atoms with E-state index in [1.54, 1.807) is 13.8 Å². The maximum Gasteiger partial charge on any atom is 0.326 e. The van der Waals surface area contributed by atoms with E-state index in [1.807, 2.05) is 0 Å². The Morgan fingerprint density at radius 2 is 1.84 bits per heavy atom. The maximum atomic E-state index is 13.5. The van der Waals surface area contributed by atoms with Crippen molar-refractivity contribution in [2.75, 3.05) is 0 Å². The first kappa shape index (κ1) is 13.5. The van der Waals surface area contributed by atoms with Crippen molar-refractivity contribution >= 4 is 11.9 Å². The first-order valence-corrected chi connectivity index (χ1v) is 6.20. The van der Waals surface area contributed by atoms with Crippen LogP contribution in [0.4, 0.5) is 4.39 Å². The summed E-state index contributed by atoms with van der Waals surface area (Å²) in [5.41, 5.74) is 1.05. The minimum absolute atomic E-state index is 0.0177. The summed E-state index contributed by atoms with van der Waals surface area (Å²) in [6.45, 7) is 3.16. The van der Waals surface area contributed by atoms with Gasteiger partial charge in [0.1, 0.15) is 11.9 Å². The zero-order valence-electron chi connectivity index (χ0n) is 10.9. The van der Waals surface area contributed by atoms with Gasteiger partial charge in [0.2, 0.25) is 0 Å². The molecule has 19 heavy (non-hydrogen) atoms. The molecule has 1 aliphatic carbocycles. The van der Waals surface area contributed by atoms with E-state index < -0.39 is 17.9 Å².